The number of carbonyl (C=O) groups excluding carboxylic acids is 1. The molecule has 0 radical (unpaired) electrons. The van der Waals surface area contributed by atoms with Crippen molar-refractivity contribution in [2.75, 3.05) is 40.5 Å². The standard InChI is InChI=1S/C25H38N2O4/c1-29-18-20-9-5-6-14-27(20)25(28)23-17-22(30-2)10-11-24(23)31-21-12-15-26(16-13-21)19-7-3-4-8-19/h10-11,17,19-21H,3-9,12-16,18H2,1-2H3/t20-/m1/s1. The van der Waals surface area contributed by atoms with Gasteiger partial charge in [0.05, 0.1) is 25.3 Å². The summed E-state index contributed by atoms with van der Waals surface area (Å²) < 4.78 is 17.3. The SMILES string of the molecule is COC[C@H]1CCCCN1C(=O)c1cc(OC)ccc1OC1CCN(C2CCCC2)CC1. The lowest BCUT2D eigenvalue weighted by Gasteiger charge is -2.37. The number of methoxy groups -OCH3 is 2. The third-order valence-electron chi connectivity index (χ3n) is 7.28. The minimum atomic E-state index is 0.0269. The molecule has 0 aromatic heterocycles. The van der Waals surface area contributed by atoms with Crippen LogP contribution in [0.25, 0.3) is 0 Å². The number of amides is 1. The zero-order valence-corrected chi connectivity index (χ0v) is 19.2. The van der Waals surface area contributed by atoms with E-state index in [9.17, 15) is 4.79 Å². The summed E-state index contributed by atoms with van der Waals surface area (Å²) in [5.74, 6) is 1.40. The van der Waals surface area contributed by atoms with E-state index < -0.39 is 0 Å². The Kier molecular flexibility index (Phi) is 7.72. The van der Waals surface area contributed by atoms with Crippen LogP contribution in [-0.4, -0.2) is 74.4 Å². The highest BCUT2D eigenvalue weighted by molar-refractivity contribution is 5.97. The van der Waals surface area contributed by atoms with Crippen LogP contribution in [0, 0.1) is 0 Å². The number of piperidine rings is 2. The van der Waals surface area contributed by atoms with E-state index >= 15 is 0 Å². The second-order valence-electron chi connectivity index (χ2n) is 9.26. The van der Waals surface area contributed by atoms with E-state index in [1.165, 1.54) is 25.7 Å². The molecule has 2 saturated heterocycles. The number of ether oxygens (including phenoxy) is 3. The van der Waals surface area contributed by atoms with Crippen molar-refractivity contribution < 1.29 is 19.0 Å². The molecule has 1 amide bonds. The van der Waals surface area contributed by atoms with Gasteiger partial charge in [-0.25, -0.2) is 0 Å². The van der Waals surface area contributed by atoms with E-state index in [0.29, 0.717) is 23.7 Å². The Bertz CT molecular complexity index is 724. The minimum Gasteiger partial charge on any atom is -0.497 e. The van der Waals surface area contributed by atoms with E-state index in [-0.39, 0.29) is 18.1 Å². The van der Waals surface area contributed by atoms with Crippen molar-refractivity contribution in [3.8, 4) is 11.5 Å². The van der Waals surface area contributed by atoms with E-state index in [2.05, 4.69) is 4.90 Å². The zero-order valence-electron chi connectivity index (χ0n) is 19.2. The number of hydrogen-bond donors (Lipinski definition) is 0. The lowest BCUT2D eigenvalue weighted by Crippen LogP contribution is -2.46. The van der Waals surface area contributed by atoms with Crippen LogP contribution in [-0.2, 0) is 4.74 Å². The first kappa shape index (κ1) is 22.4. The van der Waals surface area contributed by atoms with Crippen molar-refractivity contribution in [3.63, 3.8) is 0 Å². The molecule has 6 nitrogen and oxygen atoms in total. The second-order valence-corrected chi connectivity index (χ2v) is 9.26. The second kappa shape index (κ2) is 10.7. The Labute approximate surface area is 186 Å². The number of rotatable bonds is 7. The minimum absolute atomic E-state index is 0.0269. The Balaban J connectivity index is 1.46. The third-order valence-corrected chi connectivity index (χ3v) is 7.28. The van der Waals surface area contributed by atoms with Gasteiger partial charge in [0.15, 0.2) is 0 Å². The first-order chi connectivity index (χ1) is 15.2. The van der Waals surface area contributed by atoms with Crippen molar-refractivity contribution in [2.24, 2.45) is 0 Å². The van der Waals surface area contributed by atoms with Gasteiger partial charge in [-0.05, 0) is 63.1 Å². The smallest absolute Gasteiger partial charge is 0.258 e. The van der Waals surface area contributed by atoms with E-state index in [0.717, 1.165) is 57.8 Å². The normalized spacial score (nSPS) is 23.8. The highest BCUT2D eigenvalue weighted by Gasteiger charge is 2.31. The average molecular weight is 431 g/mol. The maximum atomic E-state index is 13.6. The lowest BCUT2D eigenvalue weighted by atomic mass is 10.0. The molecule has 6 heteroatoms. The van der Waals surface area contributed by atoms with E-state index in [1.807, 2.05) is 23.1 Å². The molecule has 1 saturated carbocycles. The number of nitrogens with zero attached hydrogens (tertiary/aromatic N) is 2. The molecule has 0 bridgehead atoms. The first-order valence-corrected chi connectivity index (χ1v) is 12.1. The van der Waals surface area contributed by atoms with Gasteiger partial charge in [0.25, 0.3) is 5.91 Å². The highest BCUT2D eigenvalue weighted by Crippen LogP contribution is 2.32. The summed E-state index contributed by atoms with van der Waals surface area (Å²) in [6, 6.07) is 6.53. The molecule has 3 aliphatic rings. The lowest BCUT2D eigenvalue weighted by molar-refractivity contribution is 0.0415. The van der Waals surface area contributed by atoms with Crippen molar-refractivity contribution >= 4 is 5.91 Å². The van der Waals surface area contributed by atoms with Crippen LogP contribution >= 0.6 is 0 Å². The maximum absolute atomic E-state index is 13.6. The molecule has 1 aliphatic carbocycles. The van der Waals surface area contributed by atoms with Gasteiger partial charge < -0.3 is 24.0 Å². The topological polar surface area (TPSA) is 51.2 Å². The van der Waals surface area contributed by atoms with E-state index in [4.69, 9.17) is 14.2 Å². The van der Waals surface area contributed by atoms with Crippen molar-refractivity contribution in [2.45, 2.75) is 76.0 Å². The summed E-state index contributed by atoms with van der Waals surface area (Å²) in [7, 11) is 3.34. The van der Waals surface area contributed by atoms with Gasteiger partial charge in [0.1, 0.15) is 17.6 Å². The van der Waals surface area contributed by atoms with Gasteiger partial charge in [-0.15, -0.1) is 0 Å². The number of carbonyl (C=O) groups is 1. The Morgan fingerprint density at radius 2 is 1.71 bits per heavy atom. The molecule has 172 valence electrons. The first-order valence-electron chi connectivity index (χ1n) is 12.1. The molecule has 2 heterocycles. The molecule has 4 rings (SSSR count). The largest absolute Gasteiger partial charge is 0.497 e. The number of hydrogen-bond acceptors (Lipinski definition) is 5. The summed E-state index contributed by atoms with van der Waals surface area (Å²) in [5, 5.41) is 0. The molecule has 0 N–H and O–H groups in total. The molecule has 2 aliphatic heterocycles. The molecule has 0 unspecified atom stereocenters. The molecule has 1 aromatic carbocycles. The monoisotopic (exact) mass is 430 g/mol. The van der Waals surface area contributed by atoms with Crippen LogP contribution in [0.2, 0.25) is 0 Å². The van der Waals surface area contributed by atoms with Crippen LogP contribution in [0.15, 0.2) is 18.2 Å². The van der Waals surface area contributed by atoms with Gasteiger partial charge in [0.2, 0.25) is 0 Å². The van der Waals surface area contributed by atoms with Crippen LogP contribution in [0.1, 0.15) is 68.1 Å². The fourth-order valence-electron chi connectivity index (χ4n) is 5.50. The van der Waals surface area contributed by atoms with Crippen molar-refractivity contribution in [1.82, 2.24) is 9.80 Å². The predicted octanol–water partition coefficient (Wildman–Crippen LogP) is 4.12. The maximum Gasteiger partial charge on any atom is 0.258 e. The molecular weight excluding hydrogens is 392 g/mol. The van der Waals surface area contributed by atoms with Crippen molar-refractivity contribution in [3.05, 3.63) is 23.8 Å². The fraction of sp³-hybridized carbons (Fsp3) is 0.720. The molecule has 0 spiro atoms. The van der Waals surface area contributed by atoms with E-state index in [1.54, 1.807) is 14.2 Å². The number of likely N-dealkylation sites (tertiary alicyclic amines) is 2. The van der Waals surface area contributed by atoms with Crippen LogP contribution in [0.3, 0.4) is 0 Å². The molecule has 1 atom stereocenters. The molecule has 3 fully saturated rings. The quantitative estimate of drug-likeness (QED) is 0.651. The van der Waals surface area contributed by atoms with Crippen molar-refractivity contribution in [1.29, 1.82) is 0 Å². The Morgan fingerprint density at radius 3 is 2.42 bits per heavy atom. The molecule has 31 heavy (non-hydrogen) atoms. The Morgan fingerprint density at radius 1 is 0.968 bits per heavy atom. The van der Waals surface area contributed by atoms with Crippen LogP contribution in [0.4, 0.5) is 0 Å². The molecular formula is C25H38N2O4. The average Bonchev–Trinajstić information content (AvgIpc) is 3.35. The summed E-state index contributed by atoms with van der Waals surface area (Å²) in [6.07, 6.45) is 10.8. The van der Waals surface area contributed by atoms with Gasteiger partial charge in [-0.1, -0.05) is 12.8 Å². The van der Waals surface area contributed by atoms with Gasteiger partial charge >= 0.3 is 0 Å². The Hall–Kier alpha value is -1.79. The highest BCUT2D eigenvalue weighted by atomic mass is 16.5. The number of benzene rings is 1. The summed E-state index contributed by atoms with van der Waals surface area (Å²) in [6.45, 7) is 3.53. The summed E-state index contributed by atoms with van der Waals surface area (Å²) in [4.78, 5) is 18.2. The van der Waals surface area contributed by atoms with Gasteiger partial charge in [-0.2, -0.15) is 0 Å². The third kappa shape index (κ3) is 5.35. The fourth-order valence-corrected chi connectivity index (χ4v) is 5.50. The summed E-state index contributed by atoms with van der Waals surface area (Å²) >= 11 is 0. The van der Waals surface area contributed by atoms with Crippen LogP contribution in [0.5, 0.6) is 11.5 Å². The van der Waals surface area contributed by atoms with Crippen LogP contribution < -0.4 is 9.47 Å². The molecule has 1 aromatic rings. The zero-order chi connectivity index (χ0) is 21.6. The summed E-state index contributed by atoms with van der Waals surface area (Å²) in [5.41, 5.74) is 0.612. The van der Waals surface area contributed by atoms with Gasteiger partial charge in [-0.3, -0.25) is 4.79 Å². The van der Waals surface area contributed by atoms with Gasteiger partial charge in [0, 0.05) is 32.8 Å². The predicted molar refractivity (Wildman–Crippen MR) is 121 cm³/mol.